The van der Waals surface area contributed by atoms with Crippen molar-refractivity contribution >= 4 is 61.2 Å². The van der Waals surface area contributed by atoms with Crippen molar-refractivity contribution in [1.29, 1.82) is 0 Å². The van der Waals surface area contributed by atoms with E-state index in [-0.39, 0.29) is 26.8 Å². The van der Waals surface area contributed by atoms with Crippen molar-refractivity contribution in [2.45, 2.75) is 17.7 Å². The molecule has 3 aromatic rings. The van der Waals surface area contributed by atoms with Crippen molar-refractivity contribution < 1.29 is 14.1 Å². The molecule has 3 rings (SSSR count). The van der Waals surface area contributed by atoms with Crippen LogP contribution in [-0.2, 0) is 21.7 Å². The first-order valence-corrected chi connectivity index (χ1v) is 11.4. The third kappa shape index (κ3) is 4.87. The van der Waals surface area contributed by atoms with Crippen molar-refractivity contribution in [3.8, 4) is 0 Å². The van der Waals surface area contributed by atoms with Crippen LogP contribution in [0.3, 0.4) is 0 Å². The summed E-state index contributed by atoms with van der Waals surface area (Å²) in [6.45, 7) is 2.44. The Morgan fingerprint density at radius 2 is 2.13 bits per heavy atom. The number of anilines is 1. The average Bonchev–Trinajstić information content (AvgIpc) is 2.71. The molecule has 1 atom stereocenters. The fourth-order valence-electron chi connectivity index (χ4n) is 2.91. The Morgan fingerprint density at radius 1 is 1.37 bits per heavy atom. The lowest BCUT2D eigenvalue weighted by Crippen LogP contribution is -2.22. The van der Waals surface area contributed by atoms with Crippen LogP contribution in [0.1, 0.15) is 22.8 Å². The van der Waals surface area contributed by atoms with E-state index in [0.717, 1.165) is 0 Å². The zero-order valence-corrected chi connectivity index (χ0v) is 19.4. The minimum atomic E-state index is -1.68. The minimum absolute atomic E-state index is 0.0743. The van der Waals surface area contributed by atoms with Gasteiger partial charge in [0.1, 0.15) is 17.1 Å². The van der Waals surface area contributed by atoms with Gasteiger partial charge in [0.2, 0.25) is 10.5 Å². The Kier molecular flexibility index (Phi) is 7.54. The number of nitrogens with one attached hydrogen (secondary N) is 2. The van der Waals surface area contributed by atoms with Crippen molar-refractivity contribution in [3.05, 3.63) is 61.3 Å². The van der Waals surface area contributed by atoms with Crippen molar-refractivity contribution in [3.63, 3.8) is 0 Å². The molecule has 0 aliphatic rings. The molecule has 0 spiro atoms. The van der Waals surface area contributed by atoms with E-state index >= 15 is 0 Å². The first-order chi connectivity index (χ1) is 14.3. The highest BCUT2D eigenvalue weighted by Gasteiger charge is 2.27. The summed E-state index contributed by atoms with van der Waals surface area (Å²) in [6, 6.07) is 6.81. The molecule has 2 N–H and O–H groups in total. The largest absolute Gasteiger partial charge is 0.610 e. The maximum atomic E-state index is 13.1. The maximum Gasteiger partial charge on any atom is 0.238 e. The van der Waals surface area contributed by atoms with E-state index in [1.165, 1.54) is 6.92 Å². The number of hydrogen-bond donors (Lipinski definition) is 2. The number of ketones is 1. The lowest BCUT2D eigenvalue weighted by Gasteiger charge is -2.15. The molecule has 1 aromatic carbocycles. The summed E-state index contributed by atoms with van der Waals surface area (Å²) in [4.78, 5) is 32.5. The number of aromatic amines is 1. The number of hydrogen-bond acceptors (Lipinski definition) is 6. The Bertz CT molecular complexity index is 1140. The van der Waals surface area contributed by atoms with Crippen molar-refractivity contribution in [2.24, 2.45) is 0 Å². The van der Waals surface area contributed by atoms with Crippen molar-refractivity contribution in [2.75, 3.05) is 25.6 Å². The van der Waals surface area contributed by atoms with Gasteiger partial charge in [0.25, 0.3) is 0 Å². The number of nitrogens with zero attached hydrogens (tertiary/aromatic N) is 1. The number of ether oxygens (including phenoxy) is 1. The summed E-state index contributed by atoms with van der Waals surface area (Å²) in [5.41, 5.74) is 0.413. The highest BCUT2D eigenvalue weighted by molar-refractivity contribution is 9.10. The number of benzene rings is 1. The molecule has 0 fully saturated rings. The first-order valence-electron chi connectivity index (χ1n) is 8.94. The predicted octanol–water partition coefficient (Wildman–Crippen LogP) is 3.91. The highest BCUT2D eigenvalue weighted by Crippen LogP contribution is 2.29. The molecule has 0 bridgehead atoms. The summed E-state index contributed by atoms with van der Waals surface area (Å²) in [5, 5.41) is 3.58. The molecule has 2 heterocycles. The zero-order chi connectivity index (χ0) is 21.8. The summed E-state index contributed by atoms with van der Waals surface area (Å²) in [7, 11) is 1.62. The molecule has 0 saturated heterocycles. The van der Waals surface area contributed by atoms with Crippen LogP contribution in [0.2, 0.25) is 5.02 Å². The van der Waals surface area contributed by atoms with Gasteiger partial charge in [0.15, 0.2) is 5.78 Å². The third-order valence-corrected chi connectivity index (χ3v) is 6.67. The second-order valence-corrected chi connectivity index (χ2v) is 9.10. The van der Waals surface area contributed by atoms with E-state index < -0.39 is 22.4 Å². The quantitative estimate of drug-likeness (QED) is 0.269. The molecular formula is C20H19BrClN3O4S. The second kappa shape index (κ2) is 9.93. The van der Waals surface area contributed by atoms with Gasteiger partial charge < -0.3 is 19.6 Å². The van der Waals surface area contributed by atoms with Crippen molar-refractivity contribution in [1.82, 2.24) is 9.97 Å². The SMILES string of the molecule is COCCNc1ccc(C[S+]([O-])c2[nH]c3c(Br)ccc(Cl)c3c(=O)c2C(C)=O)cn1. The Morgan fingerprint density at radius 3 is 2.77 bits per heavy atom. The van der Waals surface area contributed by atoms with Gasteiger partial charge >= 0.3 is 0 Å². The number of Topliss-reactive ketones (excluding diaryl/α,β-unsaturated/α-hetero) is 1. The summed E-state index contributed by atoms with van der Waals surface area (Å²) >= 11 is 7.87. The fourth-order valence-corrected chi connectivity index (χ4v) is 4.88. The van der Waals surface area contributed by atoms with Crippen LogP contribution < -0.4 is 10.7 Å². The van der Waals surface area contributed by atoms with Crippen LogP contribution in [0.25, 0.3) is 10.9 Å². The molecule has 0 saturated carbocycles. The summed E-state index contributed by atoms with van der Waals surface area (Å²) < 4.78 is 18.7. The van der Waals surface area contributed by atoms with Crippen LogP contribution in [-0.4, -0.2) is 40.6 Å². The number of carbonyl (C=O) groups is 1. The number of H-pyrrole nitrogens is 1. The van der Waals surface area contributed by atoms with Gasteiger partial charge in [-0.05, 0) is 47.1 Å². The predicted molar refractivity (Wildman–Crippen MR) is 122 cm³/mol. The normalized spacial score (nSPS) is 12.2. The van der Waals surface area contributed by atoms with Crippen LogP contribution in [0.5, 0.6) is 0 Å². The number of rotatable bonds is 8. The zero-order valence-electron chi connectivity index (χ0n) is 16.3. The number of carbonyl (C=O) groups excluding carboxylic acids is 1. The molecule has 158 valence electrons. The second-order valence-electron chi connectivity index (χ2n) is 6.45. The lowest BCUT2D eigenvalue weighted by molar-refractivity contribution is 0.101. The van der Waals surface area contributed by atoms with Crippen LogP contribution >= 0.6 is 27.5 Å². The molecule has 7 nitrogen and oxygen atoms in total. The fraction of sp³-hybridized carbons (Fsp3) is 0.250. The van der Waals surface area contributed by atoms with Gasteiger partial charge in [-0.25, -0.2) is 4.98 Å². The van der Waals surface area contributed by atoms with Gasteiger partial charge in [-0.1, -0.05) is 11.6 Å². The monoisotopic (exact) mass is 511 g/mol. The Hall–Kier alpha value is -1.91. The van der Waals surface area contributed by atoms with Crippen LogP contribution in [0.15, 0.2) is 44.8 Å². The third-order valence-electron chi connectivity index (χ3n) is 4.34. The van der Waals surface area contributed by atoms with Crippen LogP contribution in [0.4, 0.5) is 5.82 Å². The van der Waals surface area contributed by atoms with E-state index in [4.69, 9.17) is 16.3 Å². The van der Waals surface area contributed by atoms with Gasteiger partial charge in [0, 0.05) is 41.1 Å². The molecule has 0 aliphatic carbocycles. The van der Waals surface area contributed by atoms with Gasteiger partial charge in [-0.2, -0.15) is 0 Å². The Balaban J connectivity index is 1.95. The number of halogens is 2. The number of aromatic nitrogens is 2. The summed E-state index contributed by atoms with van der Waals surface area (Å²) in [5.74, 6) is 0.280. The molecule has 10 heteroatoms. The average molecular weight is 513 g/mol. The number of fused-ring (bicyclic) bond motifs is 1. The molecule has 0 aliphatic heterocycles. The van der Waals surface area contributed by atoms with Gasteiger partial charge in [-0.15, -0.1) is 0 Å². The van der Waals surface area contributed by atoms with E-state index in [1.807, 2.05) is 0 Å². The van der Waals surface area contributed by atoms with Crippen LogP contribution in [0, 0.1) is 0 Å². The highest BCUT2D eigenvalue weighted by atomic mass is 79.9. The number of pyridine rings is 2. The van der Waals surface area contributed by atoms with Gasteiger partial charge in [0.05, 0.1) is 22.5 Å². The molecule has 1 unspecified atom stereocenters. The first kappa shape index (κ1) is 22.8. The standard InChI is InChI=1S/C20H19BrClN3O4S/c1-11(26)16-19(27)17-14(22)5-4-13(21)18(17)25-20(16)30(28)10-12-3-6-15(24-9-12)23-7-8-29-2/h3-6,9H,7-8,10H2,1-2H3,(H,23,24)(H,25,27). The maximum absolute atomic E-state index is 13.1. The topological polar surface area (TPSA) is 107 Å². The molecule has 30 heavy (non-hydrogen) atoms. The molecule has 0 radical (unpaired) electrons. The smallest absolute Gasteiger partial charge is 0.238 e. The van der Waals surface area contributed by atoms with E-state index in [0.29, 0.717) is 34.5 Å². The summed E-state index contributed by atoms with van der Waals surface area (Å²) in [6.07, 6.45) is 1.60. The molecular weight excluding hydrogens is 494 g/mol. The minimum Gasteiger partial charge on any atom is -0.610 e. The van der Waals surface area contributed by atoms with Gasteiger partial charge in [-0.3, -0.25) is 9.59 Å². The van der Waals surface area contributed by atoms with E-state index in [9.17, 15) is 14.1 Å². The lowest BCUT2D eigenvalue weighted by atomic mass is 10.1. The number of methoxy groups -OCH3 is 1. The molecule has 0 amide bonds. The Labute approximate surface area is 189 Å². The molecule has 2 aromatic heterocycles. The van der Waals surface area contributed by atoms with E-state index in [2.05, 4.69) is 31.2 Å². The van der Waals surface area contributed by atoms with E-state index in [1.54, 1.807) is 37.6 Å².